The second-order valence-electron chi connectivity index (χ2n) is 6.10. The molecule has 0 unspecified atom stereocenters. The quantitative estimate of drug-likeness (QED) is 0.698. The average molecular weight is 362 g/mol. The fraction of sp³-hybridized carbons (Fsp3) is 0.190. The number of nitrogens with one attached hydrogen (secondary N) is 1. The van der Waals surface area contributed by atoms with E-state index in [1.165, 1.54) is 6.20 Å². The molecule has 0 radical (unpaired) electrons. The van der Waals surface area contributed by atoms with E-state index in [4.69, 9.17) is 4.74 Å². The van der Waals surface area contributed by atoms with Crippen LogP contribution in [-0.2, 0) is 13.1 Å². The summed E-state index contributed by atoms with van der Waals surface area (Å²) in [4.78, 5) is 22.7. The van der Waals surface area contributed by atoms with Crippen LogP contribution in [0.15, 0.2) is 67.0 Å². The second kappa shape index (κ2) is 8.80. The Bertz CT molecular complexity index is 882. The molecule has 0 saturated heterocycles. The number of methoxy groups -OCH3 is 1. The molecule has 0 atom stereocenters. The molecule has 0 saturated carbocycles. The van der Waals surface area contributed by atoms with Crippen LogP contribution >= 0.6 is 0 Å². The van der Waals surface area contributed by atoms with Crippen LogP contribution in [-0.4, -0.2) is 34.9 Å². The van der Waals surface area contributed by atoms with Gasteiger partial charge in [0.2, 0.25) is 0 Å². The number of benzene rings is 2. The molecule has 6 nitrogen and oxygen atoms in total. The maximum absolute atomic E-state index is 12.5. The van der Waals surface area contributed by atoms with E-state index in [0.717, 1.165) is 16.9 Å². The fourth-order valence-corrected chi connectivity index (χ4v) is 2.69. The topological polar surface area (TPSA) is 67.3 Å². The van der Waals surface area contributed by atoms with Gasteiger partial charge in [-0.05, 0) is 11.6 Å². The molecule has 3 aromatic rings. The predicted molar refractivity (Wildman–Crippen MR) is 105 cm³/mol. The molecule has 0 bridgehead atoms. The van der Waals surface area contributed by atoms with Gasteiger partial charge in [-0.2, -0.15) is 0 Å². The summed E-state index contributed by atoms with van der Waals surface area (Å²) < 4.78 is 5.33. The number of anilines is 1. The number of carbonyl (C=O) groups is 1. The van der Waals surface area contributed by atoms with Crippen molar-refractivity contribution in [3.05, 3.63) is 83.8 Å². The molecule has 0 aliphatic rings. The Balaban J connectivity index is 1.60. The summed E-state index contributed by atoms with van der Waals surface area (Å²) in [5.74, 6) is 1.25. The van der Waals surface area contributed by atoms with Crippen molar-refractivity contribution in [3.63, 3.8) is 0 Å². The first-order valence-corrected chi connectivity index (χ1v) is 8.64. The van der Waals surface area contributed by atoms with E-state index in [0.29, 0.717) is 24.6 Å². The van der Waals surface area contributed by atoms with E-state index in [1.54, 1.807) is 25.3 Å². The van der Waals surface area contributed by atoms with Crippen LogP contribution in [0, 0.1) is 0 Å². The number of nitrogens with zero attached hydrogens (tertiary/aromatic N) is 3. The highest BCUT2D eigenvalue weighted by Crippen LogP contribution is 2.18. The summed E-state index contributed by atoms with van der Waals surface area (Å²) in [6.45, 7) is 1.08. The van der Waals surface area contributed by atoms with Crippen LogP contribution in [0.2, 0.25) is 0 Å². The lowest BCUT2D eigenvalue weighted by molar-refractivity contribution is 0.0779. The fourth-order valence-electron chi connectivity index (χ4n) is 2.69. The van der Waals surface area contributed by atoms with E-state index in [1.807, 2.05) is 54.6 Å². The normalized spacial score (nSPS) is 10.3. The third kappa shape index (κ3) is 4.82. The highest BCUT2D eigenvalue weighted by atomic mass is 16.5. The van der Waals surface area contributed by atoms with Gasteiger partial charge in [-0.25, -0.2) is 9.97 Å². The Morgan fingerprint density at radius 2 is 1.78 bits per heavy atom. The number of hydrogen-bond donors (Lipinski definition) is 1. The highest BCUT2D eigenvalue weighted by Gasteiger charge is 2.14. The number of rotatable bonds is 7. The molecule has 2 aromatic carbocycles. The minimum absolute atomic E-state index is 0.164. The first-order valence-electron chi connectivity index (χ1n) is 8.64. The lowest BCUT2D eigenvalue weighted by Crippen LogP contribution is -2.27. The predicted octanol–water partition coefficient (Wildman–Crippen LogP) is 3.37. The van der Waals surface area contributed by atoms with E-state index in [9.17, 15) is 4.79 Å². The molecule has 27 heavy (non-hydrogen) atoms. The number of carbonyl (C=O) groups excluding carboxylic acids is 1. The van der Waals surface area contributed by atoms with E-state index >= 15 is 0 Å². The standard InChI is InChI=1S/C21H22N4O2/c1-25(15-16-8-4-3-5-9-16)21(26)18-13-24-20(14-22-18)23-12-17-10-6-7-11-19(17)27-2/h3-11,13-14H,12,15H2,1-2H3,(H,23,24). The molecule has 0 spiro atoms. The van der Waals surface area contributed by atoms with Crippen molar-refractivity contribution < 1.29 is 9.53 Å². The van der Waals surface area contributed by atoms with Crippen LogP contribution in [0.1, 0.15) is 21.6 Å². The largest absolute Gasteiger partial charge is 0.496 e. The smallest absolute Gasteiger partial charge is 0.274 e. The van der Waals surface area contributed by atoms with Gasteiger partial charge >= 0.3 is 0 Å². The second-order valence-corrected chi connectivity index (χ2v) is 6.10. The summed E-state index contributed by atoms with van der Waals surface area (Å²) in [5.41, 5.74) is 2.40. The minimum atomic E-state index is -0.164. The van der Waals surface area contributed by atoms with Crippen molar-refractivity contribution in [1.82, 2.24) is 14.9 Å². The molecule has 6 heteroatoms. The van der Waals surface area contributed by atoms with Crippen molar-refractivity contribution in [2.45, 2.75) is 13.1 Å². The first kappa shape index (κ1) is 18.4. The van der Waals surface area contributed by atoms with Gasteiger partial charge in [-0.15, -0.1) is 0 Å². The molecule has 1 N–H and O–H groups in total. The number of hydrogen-bond acceptors (Lipinski definition) is 5. The van der Waals surface area contributed by atoms with Crippen LogP contribution < -0.4 is 10.1 Å². The van der Waals surface area contributed by atoms with Crippen molar-refractivity contribution >= 4 is 11.7 Å². The van der Waals surface area contributed by atoms with E-state index < -0.39 is 0 Å². The molecule has 0 fully saturated rings. The highest BCUT2D eigenvalue weighted by molar-refractivity contribution is 5.91. The van der Waals surface area contributed by atoms with Crippen LogP contribution in [0.3, 0.4) is 0 Å². The van der Waals surface area contributed by atoms with Crippen LogP contribution in [0.4, 0.5) is 5.82 Å². The molecule has 1 heterocycles. The Hall–Kier alpha value is -3.41. The summed E-state index contributed by atoms with van der Waals surface area (Å²) in [6.07, 6.45) is 3.06. The molecule has 0 aliphatic carbocycles. The van der Waals surface area contributed by atoms with Crippen LogP contribution in [0.5, 0.6) is 5.75 Å². The maximum Gasteiger partial charge on any atom is 0.274 e. The summed E-state index contributed by atoms with van der Waals surface area (Å²) in [7, 11) is 3.40. The number of para-hydroxylation sites is 1. The van der Waals surface area contributed by atoms with Crippen LogP contribution in [0.25, 0.3) is 0 Å². The zero-order chi connectivity index (χ0) is 19.1. The van der Waals surface area contributed by atoms with E-state index in [-0.39, 0.29) is 5.91 Å². The third-order valence-electron chi connectivity index (χ3n) is 4.13. The average Bonchev–Trinajstić information content (AvgIpc) is 2.73. The Labute approximate surface area is 158 Å². The van der Waals surface area contributed by atoms with Gasteiger partial charge < -0.3 is 15.0 Å². The molecule has 3 rings (SSSR count). The zero-order valence-corrected chi connectivity index (χ0v) is 15.4. The van der Waals surface area contributed by atoms with Crippen molar-refractivity contribution in [2.24, 2.45) is 0 Å². The van der Waals surface area contributed by atoms with Gasteiger partial charge in [0.15, 0.2) is 0 Å². The molecular weight excluding hydrogens is 340 g/mol. The SMILES string of the molecule is COc1ccccc1CNc1cnc(C(=O)N(C)Cc2ccccc2)cn1. The summed E-state index contributed by atoms with van der Waals surface area (Å²) in [6, 6.07) is 17.6. The molecule has 0 aliphatic heterocycles. The monoisotopic (exact) mass is 362 g/mol. The van der Waals surface area contributed by atoms with Crippen molar-refractivity contribution in [3.8, 4) is 5.75 Å². The van der Waals surface area contributed by atoms with Gasteiger partial charge in [-0.3, -0.25) is 4.79 Å². The Kier molecular flexibility index (Phi) is 5.99. The van der Waals surface area contributed by atoms with Gasteiger partial charge in [0.25, 0.3) is 5.91 Å². The van der Waals surface area contributed by atoms with Gasteiger partial charge in [0.1, 0.15) is 17.3 Å². The van der Waals surface area contributed by atoms with Gasteiger partial charge in [0, 0.05) is 25.7 Å². The van der Waals surface area contributed by atoms with Gasteiger partial charge in [0.05, 0.1) is 19.5 Å². The molecule has 1 amide bonds. The molecule has 1 aromatic heterocycles. The summed E-state index contributed by atoms with van der Waals surface area (Å²) >= 11 is 0. The lowest BCUT2D eigenvalue weighted by Gasteiger charge is -2.16. The Morgan fingerprint density at radius 3 is 2.48 bits per heavy atom. The van der Waals surface area contributed by atoms with Crippen molar-refractivity contribution in [2.75, 3.05) is 19.5 Å². The number of aromatic nitrogens is 2. The minimum Gasteiger partial charge on any atom is -0.496 e. The van der Waals surface area contributed by atoms with Crippen molar-refractivity contribution in [1.29, 1.82) is 0 Å². The number of ether oxygens (including phenoxy) is 1. The third-order valence-corrected chi connectivity index (χ3v) is 4.13. The first-order chi connectivity index (χ1) is 13.2. The molecular formula is C21H22N4O2. The number of amides is 1. The van der Waals surface area contributed by atoms with Gasteiger partial charge in [-0.1, -0.05) is 48.5 Å². The maximum atomic E-state index is 12.5. The summed E-state index contributed by atoms with van der Waals surface area (Å²) in [5, 5.41) is 3.19. The molecule has 138 valence electrons. The zero-order valence-electron chi connectivity index (χ0n) is 15.4. The van der Waals surface area contributed by atoms with E-state index in [2.05, 4.69) is 15.3 Å². The Morgan fingerprint density at radius 1 is 1.04 bits per heavy atom. The lowest BCUT2D eigenvalue weighted by atomic mass is 10.2.